The third-order valence-corrected chi connectivity index (χ3v) is 5.75. The SMILES string of the molecule is CCS(=O)(=O)NCCCNS(=O)(=O)c1ccccc1C(F)(F)F. The van der Waals surface area contributed by atoms with Crippen LogP contribution in [0, 0.1) is 0 Å². The first-order valence-corrected chi connectivity index (χ1v) is 9.76. The van der Waals surface area contributed by atoms with Gasteiger partial charge in [-0.2, -0.15) is 13.2 Å². The average Bonchev–Trinajstić information content (AvgIpc) is 2.46. The minimum absolute atomic E-state index is 0.0143. The molecule has 0 aliphatic carbocycles. The number of alkyl halides is 3. The van der Waals surface area contributed by atoms with E-state index >= 15 is 0 Å². The van der Waals surface area contributed by atoms with Gasteiger partial charge in [0, 0.05) is 13.1 Å². The van der Waals surface area contributed by atoms with Gasteiger partial charge in [0.05, 0.1) is 16.2 Å². The van der Waals surface area contributed by atoms with Crippen LogP contribution >= 0.6 is 0 Å². The zero-order valence-corrected chi connectivity index (χ0v) is 13.9. The van der Waals surface area contributed by atoms with Gasteiger partial charge in [0.1, 0.15) is 0 Å². The molecule has 11 heteroatoms. The van der Waals surface area contributed by atoms with Crippen molar-refractivity contribution in [2.45, 2.75) is 24.4 Å². The fourth-order valence-corrected chi connectivity index (χ4v) is 3.60. The van der Waals surface area contributed by atoms with Crippen LogP contribution in [-0.2, 0) is 26.2 Å². The maximum absolute atomic E-state index is 12.8. The second kappa shape index (κ2) is 7.60. The lowest BCUT2D eigenvalue weighted by Gasteiger charge is -2.13. The molecule has 0 amide bonds. The van der Waals surface area contributed by atoms with E-state index in [2.05, 4.69) is 4.72 Å². The third-order valence-electron chi connectivity index (χ3n) is 2.83. The maximum Gasteiger partial charge on any atom is 0.417 e. The lowest BCUT2D eigenvalue weighted by molar-refractivity contribution is -0.139. The first kappa shape index (κ1) is 19.9. The molecule has 0 heterocycles. The number of hydrogen-bond donors (Lipinski definition) is 2. The summed E-state index contributed by atoms with van der Waals surface area (Å²) in [5, 5.41) is 0. The molecule has 0 radical (unpaired) electrons. The van der Waals surface area contributed by atoms with Crippen molar-refractivity contribution in [1.29, 1.82) is 0 Å². The van der Waals surface area contributed by atoms with Gasteiger partial charge in [0.15, 0.2) is 0 Å². The third kappa shape index (κ3) is 6.09. The van der Waals surface area contributed by atoms with E-state index in [1.807, 2.05) is 4.72 Å². The van der Waals surface area contributed by atoms with Crippen molar-refractivity contribution >= 4 is 20.0 Å². The highest BCUT2D eigenvalue weighted by Crippen LogP contribution is 2.33. The number of hydrogen-bond acceptors (Lipinski definition) is 4. The molecule has 1 rings (SSSR count). The minimum atomic E-state index is -4.79. The van der Waals surface area contributed by atoms with Crippen LogP contribution in [0.4, 0.5) is 13.2 Å². The molecule has 6 nitrogen and oxygen atoms in total. The summed E-state index contributed by atoms with van der Waals surface area (Å²) < 4.78 is 89.0. The first-order chi connectivity index (χ1) is 10.5. The number of nitrogens with one attached hydrogen (secondary N) is 2. The first-order valence-electron chi connectivity index (χ1n) is 6.63. The Morgan fingerprint density at radius 2 is 1.57 bits per heavy atom. The van der Waals surface area contributed by atoms with Crippen LogP contribution in [0.25, 0.3) is 0 Å². The molecule has 1 aromatic rings. The summed E-state index contributed by atoms with van der Waals surface area (Å²) in [6, 6.07) is 3.84. The van der Waals surface area contributed by atoms with Crippen molar-refractivity contribution in [3.8, 4) is 0 Å². The Morgan fingerprint density at radius 3 is 2.13 bits per heavy atom. The second-order valence-corrected chi connectivity index (χ2v) is 8.37. The topological polar surface area (TPSA) is 92.3 Å². The van der Waals surface area contributed by atoms with Crippen LogP contribution < -0.4 is 9.44 Å². The van der Waals surface area contributed by atoms with Crippen molar-refractivity contribution < 1.29 is 30.0 Å². The zero-order chi connectivity index (χ0) is 17.7. The van der Waals surface area contributed by atoms with Crippen molar-refractivity contribution in [2.75, 3.05) is 18.8 Å². The Kier molecular flexibility index (Phi) is 6.57. The lowest BCUT2D eigenvalue weighted by atomic mass is 10.2. The van der Waals surface area contributed by atoms with Crippen LogP contribution in [0.1, 0.15) is 18.9 Å². The Morgan fingerprint density at radius 1 is 1.00 bits per heavy atom. The van der Waals surface area contributed by atoms with Crippen molar-refractivity contribution in [3.63, 3.8) is 0 Å². The maximum atomic E-state index is 12.8. The molecule has 0 atom stereocenters. The van der Waals surface area contributed by atoms with Crippen LogP contribution in [0.15, 0.2) is 29.2 Å². The van der Waals surface area contributed by atoms with Crippen molar-refractivity contribution in [3.05, 3.63) is 29.8 Å². The largest absolute Gasteiger partial charge is 0.417 e. The Balaban J connectivity index is 2.71. The quantitative estimate of drug-likeness (QED) is 0.671. The van der Waals surface area contributed by atoms with Gasteiger partial charge in [-0.25, -0.2) is 26.3 Å². The molecule has 0 spiro atoms. The number of rotatable bonds is 8. The Labute approximate surface area is 133 Å². The van der Waals surface area contributed by atoms with Crippen molar-refractivity contribution in [2.24, 2.45) is 0 Å². The van der Waals surface area contributed by atoms with Gasteiger partial charge in [0.2, 0.25) is 20.0 Å². The van der Waals surface area contributed by atoms with Gasteiger partial charge in [-0.05, 0) is 25.5 Å². The number of sulfonamides is 2. The van der Waals surface area contributed by atoms with Crippen LogP contribution in [0.2, 0.25) is 0 Å². The van der Waals surface area contributed by atoms with E-state index < -0.39 is 36.7 Å². The summed E-state index contributed by atoms with van der Waals surface area (Å²) in [5.41, 5.74) is -1.25. The highest BCUT2D eigenvalue weighted by molar-refractivity contribution is 7.89. The molecule has 0 aromatic heterocycles. The Bertz CT molecular complexity index is 731. The molecule has 2 N–H and O–H groups in total. The fourth-order valence-electron chi connectivity index (χ4n) is 1.64. The van der Waals surface area contributed by atoms with E-state index in [-0.39, 0.29) is 25.3 Å². The highest BCUT2D eigenvalue weighted by atomic mass is 32.2. The van der Waals surface area contributed by atoms with Gasteiger partial charge < -0.3 is 0 Å². The smallest absolute Gasteiger partial charge is 0.215 e. The molecular formula is C12H17F3N2O4S2. The highest BCUT2D eigenvalue weighted by Gasteiger charge is 2.36. The van der Waals surface area contributed by atoms with Gasteiger partial charge in [-0.3, -0.25) is 0 Å². The zero-order valence-electron chi connectivity index (χ0n) is 12.2. The summed E-state index contributed by atoms with van der Waals surface area (Å²) in [6.07, 6.45) is -4.69. The second-order valence-electron chi connectivity index (χ2n) is 4.54. The van der Waals surface area contributed by atoms with Gasteiger partial charge in [-0.1, -0.05) is 12.1 Å². The van der Waals surface area contributed by atoms with Gasteiger partial charge in [-0.15, -0.1) is 0 Å². The number of benzene rings is 1. The van der Waals surface area contributed by atoms with E-state index in [1.165, 1.54) is 13.0 Å². The summed E-state index contributed by atoms with van der Waals surface area (Å²) in [5.74, 6) is -0.113. The predicted octanol–water partition coefficient (Wildman–Crippen LogP) is 1.31. The van der Waals surface area contributed by atoms with Crippen LogP contribution in [-0.4, -0.2) is 35.7 Å². The monoisotopic (exact) mass is 374 g/mol. The van der Waals surface area contributed by atoms with Crippen LogP contribution in [0.3, 0.4) is 0 Å². The molecular weight excluding hydrogens is 357 g/mol. The fraction of sp³-hybridized carbons (Fsp3) is 0.500. The van der Waals surface area contributed by atoms with E-state index in [0.717, 1.165) is 12.1 Å². The van der Waals surface area contributed by atoms with Gasteiger partial charge in [0.25, 0.3) is 0 Å². The predicted molar refractivity (Wildman–Crippen MR) is 78.7 cm³/mol. The molecule has 0 bridgehead atoms. The summed E-state index contributed by atoms with van der Waals surface area (Å²) in [6.45, 7) is 1.24. The minimum Gasteiger partial charge on any atom is -0.215 e. The average molecular weight is 374 g/mol. The summed E-state index contributed by atoms with van der Waals surface area (Å²) in [7, 11) is -7.73. The number of halogens is 3. The molecule has 0 saturated carbocycles. The molecule has 0 aliphatic heterocycles. The van der Waals surface area contributed by atoms with Gasteiger partial charge >= 0.3 is 6.18 Å². The summed E-state index contributed by atoms with van der Waals surface area (Å²) in [4.78, 5) is -0.860. The molecule has 0 saturated heterocycles. The lowest BCUT2D eigenvalue weighted by Crippen LogP contribution is -2.31. The Hall–Kier alpha value is -1.17. The van der Waals surface area contributed by atoms with Crippen molar-refractivity contribution in [1.82, 2.24) is 9.44 Å². The molecule has 1 aromatic carbocycles. The molecule has 0 fully saturated rings. The molecule has 23 heavy (non-hydrogen) atoms. The van der Waals surface area contributed by atoms with E-state index in [0.29, 0.717) is 6.07 Å². The molecule has 132 valence electrons. The normalized spacial score (nSPS) is 13.2. The van der Waals surface area contributed by atoms with E-state index in [9.17, 15) is 30.0 Å². The van der Waals surface area contributed by atoms with Crippen LogP contribution in [0.5, 0.6) is 0 Å². The van der Waals surface area contributed by atoms with E-state index in [1.54, 1.807) is 0 Å². The molecule has 0 aliphatic rings. The van der Waals surface area contributed by atoms with E-state index in [4.69, 9.17) is 0 Å². The molecule has 0 unspecified atom stereocenters. The summed E-state index contributed by atoms with van der Waals surface area (Å²) >= 11 is 0. The standard InChI is InChI=1S/C12H17F3N2O4S2/c1-2-22(18,19)16-8-5-9-17-23(20,21)11-7-4-3-6-10(11)12(13,14)15/h3-4,6-7,16-17H,2,5,8-9H2,1H3.